The van der Waals surface area contributed by atoms with Crippen LogP contribution in [0.5, 0.6) is 0 Å². The van der Waals surface area contributed by atoms with E-state index < -0.39 is 0 Å². The zero-order valence-corrected chi connectivity index (χ0v) is 12.8. The highest BCUT2D eigenvalue weighted by Gasteiger charge is 2.11. The number of rotatable bonds is 5. The van der Waals surface area contributed by atoms with Gasteiger partial charge in [-0.15, -0.1) is 11.3 Å². The minimum Gasteiger partial charge on any atom is -0.361 e. The quantitative estimate of drug-likeness (QED) is 0.851. The lowest BCUT2D eigenvalue weighted by Crippen LogP contribution is -2.09. The largest absolute Gasteiger partial charge is 0.361 e. The molecule has 0 saturated carbocycles. The Kier molecular flexibility index (Phi) is 4.71. The van der Waals surface area contributed by atoms with Gasteiger partial charge in [-0.25, -0.2) is 15.0 Å². The number of aryl methyl sites for hydroxylation is 2. The fourth-order valence-electron chi connectivity index (χ4n) is 1.67. The average molecular weight is 297 g/mol. The molecule has 2 aromatic rings. The Morgan fingerprint density at radius 1 is 1.32 bits per heavy atom. The molecule has 102 valence electrons. The third-order valence-electron chi connectivity index (χ3n) is 2.71. The van der Waals surface area contributed by atoms with Crippen LogP contribution in [0, 0.1) is 0 Å². The highest BCUT2D eigenvalue weighted by molar-refractivity contribution is 7.11. The van der Waals surface area contributed by atoms with E-state index in [4.69, 9.17) is 11.6 Å². The SMILES string of the molecule is CCc1nc(Cl)cc(NC(C)c2ncc(CC)s2)n1. The number of hydrogen-bond acceptors (Lipinski definition) is 5. The molecule has 6 heteroatoms. The van der Waals surface area contributed by atoms with Gasteiger partial charge in [0.2, 0.25) is 0 Å². The highest BCUT2D eigenvalue weighted by Crippen LogP contribution is 2.24. The summed E-state index contributed by atoms with van der Waals surface area (Å²) in [6.45, 7) is 6.21. The van der Waals surface area contributed by atoms with Crippen LogP contribution in [0.15, 0.2) is 12.3 Å². The Labute approximate surface area is 122 Å². The third kappa shape index (κ3) is 3.64. The van der Waals surface area contributed by atoms with Crippen LogP contribution in [-0.4, -0.2) is 15.0 Å². The molecule has 2 heterocycles. The summed E-state index contributed by atoms with van der Waals surface area (Å²) in [6, 6.07) is 1.85. The fraction of sp³-hybridized carbons (Fsp3) is 0.462. The summed E-state index contributed by atoms with van der Waals surface area (Å²) in [5.41, 5.74) is 0. The van der Waals surface area contributed by atoms with E-state index in [0.717, 1.165) is 29.5 Å². The van der Waals surface area contributed by atoms with E-state index in [2.05, 4.69) is 34.1 Å². The lowest BCUT2D eigenvalue weighted by molar-refractivity contribution is 0.846. The van der Waals surface area contributed by atoms with Gasteiger partial charge in [0.25, 0.3) is 0 Å². The maximum atomic E-state index is 5.98. The minimum absolute atomic E-state index is 0.112. The molecule has 0 saturated heterocycles. The molecule has 0 aliphatic carbocycles. The van der Waals surface area contributed by atoms with Crippen LogP contribution in [0.25, 0.3) is 0 Å². The number of halogens is 1. The lowest BCUT2D eigenvalue weighted by Gasteiger charge is -2.12. The van der Waals surface area contributed by atoms with Crippen molar-refractivity contribution in [2.24, 2.45) is 0 Å². The smallest absolute Gasteiger partial charge is 0.134 e. The first-order chi connectivity index (χ1) is 9.12. The van der Waals surface area contributed by atoms with Crippen molar-refractivity contribution in [3.05, 3.63) is 33.1 Å². The second kappa shape index (κ2) is 6.30. The number of aromatic nitrogens is 3. The highest BCUT2D eigenvalue weighted by atomic mass is 35.5. The zero-order valence-electron chi connectivity index (χ0n) is 11.3. The monoisotopic (exact) mass is 296 g/mol. The van der Waals surface area contributed by atoms with Crippen LogP contribution in [0.1, 0.15) is 42.5 Å². The summed E-state index contributed by atoms with van der Waals surface area (Å²) in [5.74, 6) is 1.49. The molecule has 0 fully saturated rings. The maximum absolute atomic E-state index is 5.98. The summed E-state index contributed by atoms with van der Waals surface area (Å²) in [7, 11) is 0. The van der Waals surface area contributed by atoms with Crippen LogP contribution in [0.3, 0.4) is 0 Å². The first-order valence-electron chi connectivity index (χ1n) is 6.37. The summed E-state index contributed by atoms with van der Waals surface area (Å²) in [4.78, 5) is 14.3. The number of anilines is 1. The molecule has 0 spiro atoms. The van der Waals surface area contributed by atoms with Crippen molar-refractivity contribution in [1.29, 1.82) is 0 Å². The van der Waals surface area contributed by atoms with Gasteiger partial charge in [-0.2, -0.15) is 0 Å². The molecule has 1 unspecified atom stereocenters. The molecule has 19 heavy (non-hydrogen) atoms. The molecular formula is C13H17ClN4S. The summed E-state index contributed by atoms with van der Waals surface area (Å²) in [6.07, 6.45) is 3.72. The molecule has 2 aromatic heterocycles. The fourth-order valence-corrected chi connectivity index (χ4v) is 2.73. The number of nitrogens with one attached hydrogen (secondary N) is 1. The molecule has 2 rings (SSSR count). The minimum atomic E-state index is 0.112. The zero-order chi connectivity index (χ0) is 13.8. The van der Waals surface area contributed by atoms with E-state index in [1.807, 2.05) is 13.1 Å². The van der Waals surface area contributed by atoms with Crippen molar-refractivity contribution < 1.29 is 0 Å². The standard InChI is InChI=1S/C13H17ClN4S/c1-4-9-7-15-13(19-9)8(3)16-12-6-10(14)17-11(5-2)18-12/h6-8H,4-5H2,1-3H3,(H,16,17,18). The Bertz CT molecular complexity index is 555. The topological polar surface area (TPSA) is 50.7 Å². The Balaban J connectivity index is 2.13. The van der Waals surface area contributed by atoms with E-state index in [-0.39, 0.29) is 6.04 Å². The Morgan fingerprint density at radius 2 is 2.11 bits per heavy atom. The number of thiazole rings is 1. The Morgan fingerprint density at radius 3 is 2.74 bits per heavy atom. The second-order valence-electron chi connectivity index (χ2n) is 4.23. The number of nitrogens with zero attached hydrogens (tertiary/aromatic N) is 3. The second-order valence-corrected chi connectivity index (χ2v) is 5.76. The van der Waals surface area contributed by atoms with Gasteiger partial charge in [-0.3, -0.25) is 0 Å². The summed E-state index contributed by atoms with van der Waals surface area (Å²) >= 11 is 7.71. The van der Waals surface area contributed by atoms with E-state index in [1.165, 1.54) is 4.88 Å². The van der Waals surface area contributed by atoms with Gasteiger partial charge in [0, 0.05) is 23.6 Å². The van der Waals surface area contributed by atoms with E-state index in [1.54, 1.807) is 17.4 Å². The molecule has 0 aliphatic heterocycles. The molecule has 4 nitrogen and oxygen atoms in total. The van der Waals surface area contributed by atoms with Gasteiger partial charge >= 0.3 is 0 Å². The van der Waals surface area contributed by atoms with Crippen molar-refractivity contribution >= 4 is 28.8 Å². The number of hydrogen-bond donors (Lipinski definition) is 1. The van der Waals surface area contributed by atoms with Gasteiger partial charge in [-0.05, 0) is 13.3 Å². The first kappa shape index (κ1) is 14.2. The molecule has 1 N–H and O–H groups in total. The summed E-state index contributed by atoms with van der Waals surface area (Å²) < 4.78 is 0. The average Bonchev–Trinajstić information content (AvgIpc) is 2.86. The van der Waals surface area contributed by atoms with Crippen molar-refractivity contribution in [3.8, 4) is 0 Å². The van der Waals surface area contributed by atoms with Crippen LogP contribution in [0.4, 0.5) is 5.82 Å². The molecule has 0 bridgehead atoms. The predicted octanol–water partition coefficient (Wildman–Crippen LogP) is 3.88. The van der Waals surface area contributed by atoms with Crippen LogP contribution < -0.4 is 5.32 Å². The van der Waals surface area contributed by atoms with E-state index in [9.17, 15) is 0 Å². The van der Waals surface area contributed by atoms with Gasteiger partial charge < -0.3 is 5.32 Å². The molecular weight excluding hydrogens is 280 g/mol. The van der Waals surface area contributed by atoms with Crippen LogP contribution in [0.2, 0.25) is 5.15 Å². The lowest BCUT2D eigenvalue weighted by atomic mass is 10.3. The van der Waals surface area contributed by atoms with Crippen molar-refractivity contribution in [1.82, 2.24) is 15.0 Å². The van der Waals surface area contributed by atoms with Gasteiger partial charge in [0.15, 0.2) is 0 Å². The van der Waals surface area contributed by atoms with Crippen molar-refractivity contribution in [2.75, 3.05) is 5.32 Å². The van der Waals surface area contributed by atoms with Gasteiger partial charge in [0.1, 0.15) is 21.8 Å². The maximum Gasteiger partial charge on any atom is 0.134 e. The van der Waals surface area contributed by atoms with Gasteiger partial charge in [0.05, 0.1) is 6.04 Å². The first-order valence-corrected chi connectivity index (χ1v) is 7.56. The van der Waals surface area contributed by atoms with Crippen LogP contribution in [-0.2, 0) is 12.8 Å². The molecule has 0 aromatic carbocycles. The predicted molar refractivity (Wildman–Crippen MR) is 79.9 cm³/mol. The molecule has 0 radical (unpaired) electrons. The van der Waals surface area contributed by atoms with Crippen LogP contribution >= 0.6 is 22.9 Å². The van der Waals surface area contributed by atoms with Crippen molar-refractivity contribution in [2.45, 2.75) is 39.7 Å². The van der Waals surface area contributed by atoms with Gasteiger partial charge in [-0.1, -0.05) is 25.4 Å². The molecule has 0 aliphatic rings. The van der Waals surface area contributed by atoms with E-state index >= 15 is 0 Å². The molecule has 1 atom stereocenters. The van der Waals surface area contributed by atoms with Crippen molar-refractivity contribution in [3.63, 3.8) is 0 Å². The summed E-state index contributed by atoms with van der Waals surface area (Å²) in [5, 5.41) is 4.85. The molecule has 0 amide bonds. The Hall–Kier alpha value is -1.20. The normalized spacial score (nSPS) is 12.4. The van der Waals surface area contributed by atoms with E-state index in [0.29, 0.717) is 5.15 Å². The third-order valence-corrected chi connectivity index (χ3v) is 4.23.